The topological polar surface area (TPSA) is 59.1 Å². The van der Waals surface area contributed by atoms with Crippen LogP contribution in [-0.2, 0) is 9.05 Å². The monoisotopic (exact) mass is 206 g/mol. The normalized spacial score (nSPS) is 11.2. The molecule has 0 aromatic carbocycles. The van der Waals surface area contributed by atoms with Crippen molar-refractivity contribution < 1.29 is 8.42 Å². The van der Waals surface area contributed by atoms with Gasteiger partial charge in [-0.25, -0.2) is 13.4 Å². The number of aromatic nitrogens is 1. The molecule has 1 N–H and O–H groups in total. The third kappa shape index (κ3) is 1.86. The summed E-state index contributed by atoms with van der Waals surface area (Å²) in [5.74, 6) is 0.257. The van der Waals surface area contributed by atoms with Crippen molar-refractivity contribution in [2.24, 2.45) is 0 Å². The first-order valence-electron chi connectivity index (χ1n) is 3.13. The van der Waals surface area contributed by atoms with E-state index in [2.05, 4.69) is 10.3 Å². The van der Waals surface area contributed by atoms with E-state index in [-0.39, 0.29) is 10.7 Å². The molecular weight excluding hydrogens is 200 g/mol. The van der Waals surface area contributed by atoms with Crippen molar-refractivity contribution in [2.75, 3.05) is 12.4 Å². The van der Waals surface area contributed by atoms with E-state index in [0.717, 1.165) is 0 Å². The highest BCUT2D eigenvalue weighted by molar-refractivity contribution is 8.13. The van der Waals surface area contributed by atoms with E-state index >= 15 is 0 Å². The lowest BCUT2D eigenvalue weighted by molar-refractivity contribution is 0.609. The van der Waals surface area contributed by atoms with Crippen LogP contribution < -0.4 is 5.32 Å². The van der Waals surface area contributed by atoms with Gasteiger partial charge in [-0.15, -0.1) is 0 Å². The molecule has 4 nitrogen and oxygen atoms in total. The van der Waals surface area contributed by atoms with E-state index in [1.807, 2.05) is 0 Å². The molecule has 0 saturated heterocycles. The smallest absolute Gasteiger partial charge is 0.264 e. The molecule has 0 saturated carbocycles. The zero-order valence-electron chi connectivity index (χ0n) is 6.28. The van der Waals surface area contributed by atoms with Crippen LogP contribution in [0.5, 0.6) is 0 Å². The molecular formula is C6H7ClN2O2S. The summed E-state index contributed by atoms with van der Waals surface area (Å²) >= 11 is 0. The predicted molar refractivity (Wildman–Crippen MR) is 46.8 cm³/mol. The molecule has 0 aliphatic carbocycles. The van der Waals surface area contributed by atoms with E-state index in [1.165, 1.54) is 18.3 Å². The summed E-state index contributed by atoms with van der Waals surface area (Å²) in [6.45, 7) is 0. The van der Waals surface area contributed by atoms with Crippen LogP contribution in [0.25, 0.3) is 0 Å². The van der Waals surface area contributed by atoms with Crippen LogP contribution in [-0.4, -0.2) is 20.4 Å². The molecule has 0 fully saturated rings. The molecule has 0 unspecified atom stereocenters. The van der Waals surface area contributed by atoms with E-state index in [0.29, 0.717) is 0 Å². The van der Waals surface area contributed by atoms with Gasteiger partial charge in [-0.1, -0.05) is 0 Å². The highest BCUT2D eigenvalue weighted by atomic mass is 35.7. The minimum atomic E-state index is -3.70. The standard InChI is InChI=1S/C6H7ClN2O2S/c1-8-6-5(12(7,10)11)3-2-4-9-6/h2-4H,1H3,(H,8,9). The Kier molecular flexibility index (Phi) is 2.54. The molecule has 0 radical (unpaired) electrons. The highest BCUT2D eigenvalue weighted by Gasteiger charge is 2.14. The maximum Gasteiger partial charge on any atom is 0.264 e. The van der Waals surface area contributed by atoms with Gasteiger partial charge in [0.1, 0.15) is 10.7 Å². The Morgan fingerprint density at radius 3 is 2.67 bits per heavy atom. The minimum absolute atomic E-state index is 0.00540. The zero-order chi connectivity index (χ0) is 9.19. The van der Waals surface area contributed by atoms with Crippen molar-refractivity contribution in [3.05, 3.63) is 18.3 Å². The average molecular weight is 207 g/mol. The number of anilines is 1. The second kappa shape index (κ2) is 3.28. The summed E-state index contributed by atoms with van der Waals surface area (Å²) in [7, 11) is 3.01. The van der Waals surface area contributed by atoms with Gasteiger partial charge in [0.25, 0.3) is 9.05 Å². The maximum absolute atomic E-state index is 10.9. The Bertz CT molecular complexity index is 377. The van der Waals surface area contributed by atoms with E-state index in [9.17, 15) is 8.42 Å². The van der Waals surface area contributed by atoms with Crippen molar-refractivity contribution >= 4 is 25.6 Å². The van der Waals surface area contributed by atoms with Gasteiger partial charge in [0.05, 0.1) is 0 Å². The second-order valence-electron chi connectivity index (χ2n) is 2.04. The summed E-state index contributed by atoms with van der Waals surface area (Å²) in [6, 6.07) is 2.90. The fourth-order valence-electron chi connectivity index (χ4n) is 0.775. The molecule has 0 aliphatic heterocycles. The van der Waals surface area contributed by atoms with Gasteiger partial charge in [0.2, 0.25) is 0 Å². The summed E-state index contributed by atoms with van der Waals surface area (Å²) in [5.41, 5.74) is 0. The Balaban J connectivity index is 3.33. The fourth-order valence-corrected chi connectivity index (χ4v) is 1.78. The van der Waals surface area contributed by atoms with Gasteiger partial charge < -0.3 is 5.32 Å². The fraction of sp³-hybridized carbons (Fsp3) is 0.167. The Labute approximate surface area is 75.0 Å². The summed E-state index contributed by atoms with van der Waals surface area (Å²) in [5, 5.41) is 2.63. The molecule has 1 rings (SSSR count). The number of nitrogens with zero attached hydrogens (tertiary/aromatic N) is 1. The quantitative estimate of drug-likeness (QED) is 0.735. The number of pyridine rings is 1. The molecule has 0 aliphatic rings. The maximum atomic E-state index is 10.9. The molecule has 1 heterocycles. The Morgan fingerprint density at radius 1 is 1.58 bits per heavy atom. The lowest BCUT2D eigenvalue weighted by Crippen LogP contribution is -2.00. The molecule has 66 valence electrons. The average Bonchev–Trinajstić information content (AvgIpc) is 2.03. The van der Waals surface area contributed by atoms with E-state index in [1.54, 1.807) is 7.05 Å². The third-order valence-corrected chi connectivity index (χ3v) is 2.62. The second-order valence-corrected chi connectivity index (χ2v) is 4.57. The minimum Gasteiger partial charge on any atom is -0.372 e. The van der Waals surface area contributed by atoms with Gasteiger partial charge in [0, 0.05) is 23.9 Å². The Hall–Kier alpha value is -0.810. The number of hydrogen-bond acceptors (Lipinski definition) is 4. The van der Waals surface area contributed by atoms with Gasteiger partial charge in [-0.2, -0.15) is 0 Å². The van der Waals surface area contributed by atoms with Gasteiger partial charge in [-0.3, -0.25) is 0 Å². The van der Waals surface area contributed by atoms with Crippen LogP contribution in [0.4, 0.5) is 5.82 Å². The molecule has 1 aromatic heterocycles. The first-order chi connectivity index (χ1) is 5.55. The van der Waals surface area contributed by atoms with Crippen LogP contribution in [0.15, 0.2) is 23.2 Å². The van der Waals surface area contributed by atoms with Crippen LogP contribution in [0.1, 0.15) is 0 Å². The van der Waals surface area contributed by atoms with Crippen molar-refractivity contribution in [1.29, 1.82) is 0 Å². The van der Waals surface area contributed by atoms with Gasteiger partial charge in [-0.05, 0) is 12.1 Å². The summed E-state index contributed by atoms with van der Waals surface area (Å²) < 4.78 is 21.8. The van der Waals surface area contributed by atoms with Crippen molar-refractivity contribution in [1.82, 2.24) is 4.98 Å². The Morgan fingerprint density at radius 2 is 2.25 bits per heavy atom. The predicted octanol–water partition coefficient (Wildman–Crippen LogP) is 1.05. The van der Waals surface area contributed by atoms with Crippen LogP contribution in [0, 0.1) is 0 Å². The zero-order valence-corrected chi connectivity index (χ0v) is 7.85. The summed E-state index contributed by atoms with van der Waals surface area (Å²) in [6.07, 6.45) is 1.48. The SMILES string of the molecule is CNc1ncccc1S(=O)(=O)Cl. The van der Waals surface area contributed by atoms with Crippen molar-refractivity contribution in [2.45, 2.75) is 4.90 Å². The first kappa shape index (κ1) is 9.28. The van der Waals surface area contributed by atoms with E-state index in [4.69, 9.17) is 10.7 Å². The first-order valence-corrected chi connectivity index (χ1v) is 5.44. The highest BCUT2D eigenvalue weighted by Crippen LogP contribution is 2.20. The molecule has 12 heavy (non-hydrogen) atoms. The van der Waals surface area contributed by atoms with Crippen molar-refractivity contribution in [3.63, 3.8) is 0 Å². The molecule has 0 spiro atoms. The van der Waals surface area contributed by atoms with Gasteiger partial charge >= 0.3 is 0 Å². The largest absolute Gasteiger partial charge is 0.372 e. The molecule has 0 amide bonds. The summed E-state index contributed by atoms with van der Waals surface area (Å²) in [4.78, 5) is 3.78. The van der Waals surface area contributed by atoms with Crippen molar-refractivity contribution in [3.8, 4) is 0 Å². The van der Waals surface area contributed by atoms with Crippen LogP contribution in [0.3, 0.4) is 0 Å². The molecule has 1 aromatic rings. The third-order valence-electron chi connectivity index (χ3n) is 1.27. The van der Waals surface area contributed by atoms with Gasteiger partial charge in [0.15, 0.2) is 0 Å². The van der Waals surface area contributed by atoms with Crippen LogP contribution in [0.2, 0.25) is 0 Å². The number of rotatable bonds is 2. The lowest BCUT2D eigenvalue weighted by Gasteiger charge is -2.02. The molecule has 6 heteroatoms. The molecule has 0 atom stereocenters. The molecule has 0 bridgehead atoms. The number of nitrogens with one attached hydrogen (secondary N) is 1. The lowest BCUT2D eigenvalue weighted by atomic mass is 10.5. The number of halogens is 1. The van der Waals surface area contributed by atoms with E-state index < -0.39 is 9.05 Å². The number of hydrogen-bond donors (Lipinski definition) is 1. The van der Waals surface area contributed by atoms with Crippen LogP contribution >= 0.6 is 10.7 Å².